The number of hydrogen-bond acceptors (Lipinski definition) is 7. The molecule has 0 aromatic heterocycles. The number of rotatable bonds is 11. The summed E-state index contributed by atoms with van der Waals surface area (Å²) >= 11 is 0. The molecule has 0 aliphatic carbocycles. The molecule has 0 amide bonds. The van der Waals surface area contributed by atoms with Gasteiger partial charge in [0.2, 0.25) is 0 Å². The highest BCUT2D eigenvalue weighted by Gasteiger charge is 2.32. The first-order chi connectivity index (χ1) is 11.2. The molecular formula is C16H26O8. The van der Waals surface area contributed by atoms with Crippen LogP contribution in [0.1, 0.15) is 47.0 Å². The van der Waals surface area contributed by atoms with Gasteiger partial charge in [0.05, 0.1) is 32.0 Å². The Morgan fingerprint density at radius 2 is 1.38 bits per heavy atom. The fourth-order valence-corrected chi connectivity index (χ4v) is 2.11. The highest BCUT2D eigenvalue weighted by molar-refractivity contribution is 5.80. The van der Waals surface area contributed by atoms with E-state index >= 15 is 0 Å². The molecule has 138 valence electrons. The molecule has 0 saturated carbocycles. The van der Waals surface area contributed by atoms with E-state index in [0.29, 0.717) is 0 Å². The summed E-state index contributed by atoms with van der Waals surface area (Å²) in [5.74, 6) is -4.52. The first kappa shape index (κ1) is 21.9. The number of hydrogen-bond donors (Lipinski definition) is 1. The van der Waals surface area contributed by atoms with Crippen molar-refractivity contribution in [3.05, 3.63) is 0 Å². The van der Waals surface area contributed by atoms with Crippen LogP contribution < -0.4 is 0 Å². The van der Waals surface area contributed by atoms with Gasteiger partial charge in [0.1, 0.15) is 6.10 Å². The SMILES string of the molecule is CCOC(=O)CC(C)OC(=O)C(CC(=O)O)C(C)CC(=O)OCC. The van der Waals surface area contributed by atoms with Crippen molar-refractivity contribution in [1.82, 2.24) is 0 Å². The molecule has 1 N–H and O–H groups in total. The van der Waals surface area contributed by atoms with Crippen molar-refractivity contribution in [3.8, 4) is 0 Å². The number of carboxylic acid groups (broad SMARTS) is 1. The smallest absolute Gasteiger partial charge is 0.310 e. The summed E-state index contributed by atoms with van der Waals surface area (Å²) in [6.45, 7) is 6.84. The van der Waals surface area contributed by atoms with Gasteiger partial charge >= 0.3 is 23.9 Å². The molecule has 0 aromatic rings. The molecule has 0 heterocycles. The van der Waals surface area contributed by atoms with E-state index < -0.39 is 48.2 Å². The van der Waals surface area contributed by atoms with Crippen molar-refractivity contribution in [2.45, 2.75) is 53.1 Å². The zero-order chi connectivity index (χ0) is 18.7. The van der Waals surface area contributed by atoms with Crippen molar-refractivity contribution in [2.75, 3.05) is 13.2 Å². The van der Waals surface area contributed by atoms with Crippen LogP contribution in [0.4, 0.5) is 0 Å². The van der Waals surface area contributed by atoms with Gasteiger partial charge in [0.25, 0.3) is 0 Å². The molecule has 0 aliphatic rings. The summed E-state index contributed by atoms with van der Waals surface area (Å²) in [4.78, 5) is 46.1. The van der Waals surface area contributed by atoms with Crippen LogP contribution in [0.3, 0.4) is 0 Å². The van der Waals surface area contributed by atoms with E-state index in [0.717, 1.165) is 0 Å². The molecule has 24 heavy (non-hydrogen) atoms. The lowest BCUT2D eigenvalue weighted by atomic mass is 9.88. The maximum Gasteiger partial charge on any atom is 0.310 e. The van der Waals surface area contributed by atoms with Gasteiger partial charge in [-0.3, -0.25) is 19.2 Å². The minimum Gasteiger partial charge on any atom is -0.481 e. The molecule has 0 aliphatic heterocycles. The molecule has 3 atom stereocenters. The number of carbonyl (C=O) groups is 4. The van der Waals surface area contributed by atoms with Crippen molar-refractivity contribution in [3.63, 3.8) is 0 Å². The van der Waals surface area contributed by atoms with E-state index in [-0.39, 0.29) is 26.1 Å². The third-order valence-corrected chi connectivity index (χ3v) is 3.25. The van der Waals surface area contributed by atoms with Crippen LogP contribution in [0.15, 0.2) is 0 Å². The van der Waals surface area contributed by atoms with Crippen LogP contribution in [0.25, 0.3) is 0 Å². The van der Waals surface area contributed by atoms with Crippen LogP contribution in [0.5, 0.6) is 0 Å². The third-order valence-electron chi connectivity index (χ3n) is 3.25. The predicted octanol–water partition coefficient (Wildman–Crippen LogP) is 1.55. The second-order valence-corrected chi connectivity index (χ2v) is 5.45. The number of carboxylic acids is 1. The van der Waals surface area contributed by atoms with Gasteiger partial charge < -0.3 is 19.3 Å². The van der Waals surface area contributed by atoms with Gasteiger partial charge in [-0.05, 0) is 26.7 Å². The Balaban J connectivity index is 4.78. The van der Waals surface area contributed by atoms with Gasteiger partial charge in [-0.15, -0.1) is 0 Å². The summed E-state index contributed by atoms with van der Waals surface area (Å²) in [5.41, 5.74) is 0. The molecule has 3 unspecified atom stereocenters. The maximum atomic E-state index is 12.2. The molecule has 0 rings (SSSR count). The molecule has 0 aromatic carbocycles. The molecular weight excluding hydrogens is 320 g/mol. The molecule has 0 fully saturated rings. The molecule has 8 nitrogen and oxygen atoms in total. The van der Waals surface area contributed by atoms with Crippen molar-refractivity contribution in [1.29, 1.82) is 0 Å². The fourth-order valence-electron chi connectivity index (χ4n) is 2.11. The van der Waals surface area contributed by atoms with Crippen LogP contribution in [-0.4, -0.2) is 48.3 Å². The zero-order valence-corrected chi connectivity index (χ0v) is 14.6. The van der Waals surface area contributed by atoms with Crippen LogP contribution in [0, 0.1) is 11.8 Å². The number of ether oxygens (including phenoxy) is 3. The summed E-state index contributed by atoms with van der Waals surface area (Å²) in [6, 6.07) is 0. The predicted molar refractivity (Wildman–Crippen MR) is 83.0 cm³/mol. The first-order valence-electron chi connectivity index (χ1n) is 7.94. The van der Waals surface area contributed by atoms with Gasteiger partial charge in [0.15, 0.2) is 0 Å². The van der Waals surface area contributed by atoms with Crippen molar-refractivity contribution >= 4 is 23.9 Å². The van der Waals surface area contributed by atoms with Crippen LogP contribution >= 0.6 is 0 Å². The van der Waals surface area contributed by atoms with Crippen molar-refractivity contribution in [2.24, 2.45) is 11.8 Å². The normalized spacial score (nSPS) is 14.2. The Labute approximate surface area is 141 Å². The molecule has 0 spiro atoms. The van der Waals surface area contributed by atoms with Crippen LogP contribution in [-0.2, 0) is 33.4 Å². The number of carbonyl (C=O) groups excluding carboxylic acids is 3. The quantitative estimate of drug-likeness (QED) is 0.442. The lowest BCUT2D eigenvalue weighted by Crippen LogP contribution is -2.31. The summed E-state index contributed by atoms with van der Waals surface area (Å²) in [6.07, 6.45) is -1.42. The van der Waals surface area contributed by atoms with E-state index in [4.69, 9.17) is 19.3 Å². The average Bonchev–Trinajstić information content (AvgIpc) is 2.44. The summed E-state index contributed by atoms with van der Waals surface area (Å²) in [5, 5.41) is 8.97. The first-order valence-corrected chi connectivity index (χ1v) is 7.94. The van der Waals surface area contributed by atoms with Gasteiger partial charge in [-0.1, -0.05) is 6.92 Å². The second-order valence-electron chi connectivity index (χ2n) is 5.45. The Morgan fingerprint density at radius 1 is 0.875 bits per heavy atom. The Bertz CT molecular complexity index is 445. The van der Waals surface area contributed by atoms with Gasteiger partial charge in [0, 0.05) is 6.42 Å². The average molecular weight is 346 g/mol. The molecule has 8 heteroatoms. The summed E-state index contributed by atoms with van der Waals surface area (Å²) in [7, 11) is 0. The van der Waals surface area contributed by atoms with Gasteiger partial charge in [-0.2, -0.15) is 0 Å². The second kappa shape index (κ2) is 11.4. The summed E-state index contributed by atoms with van der Waals surface area (Å²) < 4.78 is 14.7. The van der Waals surface area contributed by atoms with Crippen molar-refractivity contribution < 1.29 is 38.5 Å². The minimum absolute atomic E-state index is 0.0901. The van der Waals surface area contributed by atoms with E-state index in [2.05, 4.69) is 0 Å². The molecule has 0 bridgehead atoms. The fraction of sp³-hybridized carbons (Fsp3) is 0.750. The monoisotopic (exact) mass is 346 g/mol. The highest BCUT2D eigenvalue weighted by Crippen LogP contribution is 2.22. The van der Waals surface area contributed by atoms with E-state index in [1.807, 2.05) is 0 Å². The maximum absolute atomic E-state index is 12.2. The van der Waals surface area contributed by atoms with E-state index in [9.17, 15) is 19.2 Å². The Kier molecular flexibility index (Phi) is 10.4. The van der Waals surface area contributed by atoms with Gasteiger partial charge in [-0.25, -0.2) is 0 Å². The van der Waals surface area contributed by atoms with E-state index in [1.165, 1.54) is 6.92 Å². The highest BCUT2D eigenvalue weighted by atomic mass is 16.6. The minimum atomic E-state index is -1.18. The number of esters is 3. The van der Waals surface area contributed by atoms with Crippen LogP contribution in [0.2, 0.25) is 0 Å². The number of aliphatic carboxylic acids is 1. The lowest BCUT2D eigenvalue weighted by Gasteiger charge is -2.22. The van der Waals surface area contributed by atoms with E-state index in [1.54, 1.807) is 20.8 Å². The standard InChI is InChI=1S/C16H26O8/c1-5-22-14(19)7-10(3)12(9-13(17)18)16(21)24-11(4)8-15(20)23-6-2/h10-12H,5-9H2,1-4H3,(H,17,18). The molecule has 0 radical (unpaired) electrons. The third kappa shape index (κ3) is 9.12. The topological polar surface area (TPSA) is 116 Å². The zero-order valence-electron chi connectivity index (χ0n) is 14.6. The largest absolute Gasteiger partial charge is 0.481 e. The Morgan fingerprint density at radius 3 is 1.83 bits per heavy atom. The Hall–Kier alpha value is -2.12. The lowest BCUT2D eigenvalue weighted by molar-refractivity contribution is -0.162. The molecule has 0 saturated heterocycles.